The largest absolute Gasteiger partial charge is 0.460 e. The summed E-state index contributed by atoms with van der Waals surface area (Å²) in [6, 6.07) is 9.22. The highest BCUT2D eigenvalue weighted by Crippen LogP contribution is 2.45. The van der Waals surface area contributed by atoms with E-state index in [9.17, 15) is 24.1 Å². The van der Waals surface area contributed by atoms with Crippen LogP contribution in [0.25, 0.3) is 0 Å². The molecule has 0 saturated carbocycles. The van der Waals surface area contributed by atoms with Crippen LogP contribution in [-0.4, -0.2) is 52.6 Å². The van der Waals surface area contributed by atoms with Crippen molar-refractivity contribution in [1.82, 2.24) is 14.6 Å². The first-order chi connectivity index (χ1) is 16.1. The molecule has 1 aromatic carbocycles. The van der Waals surface area contributed by atoms with E-state index >= 15 is 0 Å². The lowest BCUT2D eigenvalue weighted by molar-refractivity contribution is -0.146. The third-order valence-corrected chi connectivity index (χ3v) is 7.11. The molecule has 1 fully saturated rings. The molecule has 13 heteroatoms. The Labute approximate surface area is 195 Å². The number of nitrogens with one attached hydrogen (secondary N) is 2. The van der Waals surface area contributed by atoms with Crippen LogP contribution in [0, 0.1) is 5.92 Å². The number of rotatable bonds is 10. The summed E-state index contributed by atoms with van der Waals surface area (Å²) >= 11 is 0. The van der Waals surface area contributed by atoms with Gasteiger partial charge in [-0.15, -0.1) is 0 Å². The molecule has 1 aliphatic rings. The highest BCUT2D eigenvalue weighted by molar-refractivity contribution is 7.51. The Morgan fingerprint density at radius 1 is 1.29 bits per heavy atom. The number of hydrogen-bond acceptors (Lipinski definition) is 9. The lowest BCUT2D eigenvalue weighted by Gasteiger charge is -2.23. The maximum atomic E-state index is 13.0. The summed E-state index contributed by atoms with van der Waals surface area (Å²) in [5.74, 6) is -1.16. The fourth-order valence-corrected chi connectivity index (χ4v) is 4.58. The third-order valence-electron chi connectivity index (χ3n) is 5.44. The number of esters is 1. The van der Waals surface area contributed by atoms with Crippen molar-refractivity contribution in [3.05, 3.63) is 69.0 Å². The predicted octanol–water partition coefficient (Wildman–Crippen LogP) is 0.924. The molecule has 0 amide bonds. The normalized spacial score (nSPS) is 24.9. The van der Waals surface area contributed by atoms with Crippen LogP contribution in [0.2, 0.25) is 0 Å². The molecule has 1 unspecified atom stereocenters. The fraction of sp³-hybridized carbons (Fsp3) is 0.476. The topological polar surface area (TPSA) is 158 Å². The number of ether oxygens (including phenoxy) is 2. The number of nitrogens with zero attached hydrogens (tertiary/aromatic N) is 1. The van der Waals surface area contributed by atoms with Crippen molar-refractivity contribution < 1.29 is 33.0 Å². The average molecular weight is 497 g/mol. The van der Waals surface area contributed by atoms with E-state index in [0.29, 0.717) is 0 Å². The fourth-order valence-electron chi connectivity index (χ4n) is 3.37. The summed E-state index contributed by atoms with van der Waals surface area (Å²) in [4.78, 5) is 37.7. The van der Waals surface area contributed by atoms with Crippen LogP contribution >= 0.6 is 7.75 Å². The molecule has 6 atom stereocenters. The molecular formula is C21H28N3O9P. The van der Waals surface area contributed by atoms with Gasteiger partial charge in [-0.1, -0.05) is 37.3 Å². The molecule has 0 bridgehead atoms. The Morgan fingerprint density at radius 2 is 2.00 bits per heavy atom. The number of aromatic amines is 1. The van der Waals surface area contributed by atoms with Gasteiger partial charge in [0.05, 0.1) is 12.7 Å². The molecule has 1 aromatic heterocycles. The Bertz CT molecular complexity index is 1140. The van der Waals surface area contributed by atoms with Crippen LogP contribution in [0.15, 0.2) is 52.2 Å². The maximum absolute atomic E-state index is 13.0. The zero-order chi connectivity index (χ0) is 24.9. The summed E-state index contributed by atoms with van der Waals surface area (Å²) in [5.41, 5.74) is -0.515. The van der Waals surface area contributed by atoms with Crippen LogP contribution in [-0.2, 0) is 34.5 Å². The molecule has 1 saturated heterocycles. The summed E-state index contributed by atoms with van der Waals surface area (Å²) in [5, 5.41) is 13.0. The second-order valence-corrected chi connectivity index (χ2v) is 9.73. The van der Waals surface area contributed by atoms with Gasteiger partial charge >= 0.3 is 19.4 Å². The van der Waals surface area contributed by atoms with Gasteiger partial charge in [-0.2, -0.15) is 0 Å². The number of H-pyrrole nitrogens is 1. The molecule has 3 N–H and O–H groups in total. The van der Waals surface area contributed by atoms with Gasteiger partial charge in [0, 0.05) is 25.3 Å². The molecule has 0 spiro atoms. The number of aliphatic hydroxyl groups excluding tert-OH is 1. The van der Waals surface area contributed by atoms with Crippen molar-refractivity contribution in [3.63, 3.8) is 0 Å². The minimum absolute atomic E-state index is 0.0562. The second kappa shape index (κ2) is 11.2. The molecule has 34 heavy (non-hydrogen) atoms. The first-order valence-corrected chi connectivity index (χ1v) is 12.1. The predicted molar refractivity (Wildman–Crippen MR) is 120 cm³/mol. The maximum Gasteiger partial charge on any atom is 0.406 e. The van der Waals surface area contributed by atoms with Gasteiger partial charge in [0.15, 0.2) is 6.23 Å². The van der Waals surface area contributed by atoms with Crippen LogP contribution in [0.5, 0.6) is 0 Å². The van der Waals surface area contributed by atoms with Crippen molar-refractivity contribution >= 4 is 13.7 Å². The SMILES string of the molecule is COP(=O)(N[C@@H](C)C(=O)OCc1ccccc1)OC[C@H]1O[C@@H](n2ccc(=O)[nH]c2=O)[C@H](O)[C@@H]1C. The molecule has 0 radical (unpaired) electrons. The highest BCUT2D eigenvalue weighted by Gasteiger charge is 2.43. The number of benzene rings is 1. The second-order valence-electron chi connectivity index (χ2n) is 7.85. The first-order valence-electron chi connectivity index (χ1n) is 10.6. The van der Waals surface area contributed by atoms with E-state index in [4.69, 9.17) is 18.5 Å². The third kappa shape index (κ3) is 6.29. The van der Waals surface area contributed by atoms with Gasteiger partial charge in [-0.25, -0.2) is 14.4 Å². The van der Waals surface area contributed by atoms with E-state index in [1.165, 1.54) is 13.1 Å². The monoisotopic (exact) mass is 497 g/mol. The van der Waals surface area contributed by atoms with Gasteiger partial charge in [0.2, 0.25) is 0 Å². The van der Waals surface area contributed by atoms with Crippen molar-refractivity contribution in [2.24, 2.45) is 5.92 Å². The molecule has 1 aliphatic heterocycles. The van der Waals surface area contributed by atoms with Gasteiger partial charge in [-0.3, -0.25) is 23.7 Å². The Kier molecular flexibility index (Phi) is 8.58. The standard InChI is InChI=1S/C21H28N3O9P/c1-13-16(33-19(18(13)26)24-10-9-17(25)22-21(24)28)12-32-34(29,30-3)23-14(2)20(27)31-11-15-7-5-4-6-8-15/h4-10,13-14,16,18-19,26H,11-12H2,1-3H3,(H,23,29)(H,22,25,28)/t13-,14+,16-,18-,19-,34?/m1/s1. The van der Waals surface area contributed by atoms with E-state index in [-0.39, 0.29) is 13.2 Å². The van der Waals surface area contributed by atoms with Gasteiger partial charge in [0.1, 0.15) is 18.8 Å². The summed E-state index contributed by atoms with van der Waals surface area (Å²) < 4.78 is 35.4. The number of carbonyl (C=O) groups excluding carboxylic acids is 1. The van der Waals surface area contributed by atoms with E-state index in [0.717, 1.165) is 23.3 Å². The van der Waals surface area contributed by atoms with Gasteiger partial charge in [0.25, 0.3) is 5.56 Å². The molecule has 186 valence electrons. The Morgan fingerprint density at radius 3 is 2.65 bits per heavy atom. The molecule has 3 rings (SSSR count). The highest BCUT2D eigenvalue weighted by atomic mass is 31.2. The number of aliphatic hydroxyl groups is 1. The van der Waals surface area contributed by atoms with Crippen LogP contribution in [0.3, 0.4) is 0 Å². The minimum Gasteiger partial charge on any atom is -0.460 e. The molecule has 0 aliphatic carbocycles. The first kappa shape index (κ1) is 26.0. The molecule has 12 nitrogen and oxygen atoms in total. The van der Waals surface area contributed by atoms with Gasteiger partial charge in [-0.05, 0) is 12.5 Å². The molecular weight excluding hydrogens is 469 g/mol. The van der Waals surface area contributed by atoms with Crippen molar-refractivity contribution in [2.75, 3.05) is 13.7 Å². The Balaban J connectivity index is 1.57. The van der Waals surface area contributed by atoms with Crippen molar-refractivity contribution in [1.29, 1.82) is 0 Å². The van der Waals surface area contributed by atoms with E-state index in [2.05, 4.69) is 10.1 Å². The number of hydrogen-bond donors (Lipinski definition) is 3. The van der Waals surface area contributed by atoms with Crippen LogP contribution in [0.4, 0.5) is 0 Å². The zero-order valence-corrected chi connectivity index (χ0v) is 19.8. The summed E-state index contributed by atoms with van der Waals surface area (Å²) in [6.45, 7) is 2.92. The van der Waals surface area contributed by atoms with E-state index < -0.39 is 55.4 Å². The van der Waals surface area contributed by atoms with Crippen LogP contribution < -0.4 is 16.3 Å². The number of aromatic nitrogens is 2. The van der Waals surface area contributed by atoms with Crippen LogP contribution in [0.1, 0.15) is 25.6 Å². The van der Waals surface area contributed by atoms with E-state index in [1.807, 2.05) is 18.2 Å². The van der Waals surface area contributed by atoms with Crippen molar-refractivity contribution in [3.8, 4) is 0 Å². The average Bonchev–Trinajstić information content (AvgIpc) is 3.10. The summed E-state index contributed by atoms with van der Waals surface area (Å²) in [7, 11) is -2.78. The molecule has 2 aromatic rings. The quantitative estimate of drug-likeness (QED) is 0.318. The van der Waals surface area contributed by atoms with Crippen molar-refractivity contribution in [2.45, 2.75) is 44.9 Å². The molecule has 2 heterocycles. The lowest BCUT2D eigenvalue weighted by atomic mass is 10.0. The Hall–Kier alpha value is -2.60. The van der Waals surface area contributed by atoms with Gasteiger partial charge < -0.3 is 19.1 Å². The zero-order valence-electron chi connectivity index (χ0n) is 19.0. The summed E-state index contributed by atoms with van der Waals surface area (Å²) in [6.07, 6.45) is -1.71. The number of carbonyl (C=O) groups is 1. The van der Waals surface area contributed by atoms with E-state index in [1.54, 1.807) is 19.1 Å². The lowest BCUT2D eigenvalue weighted by Crippen LogP contribution is -2.35. The smallest absolute Gasteiger partial charge is 0.406 e. The minimum atomic E-state index is -3.94.